The van der Waals surface area contributed by atoms with Gasteiger partial charge in [-0.3, -0.25) is 30.1 Å². The molecule has 2 saturated heterocycles. The van der Waals surface area contributed by atoms with Crippen molar-refractivity contribution in [2.75, 3.05) is 33.9 Å². The molecule has 4 rings (SSSR count). The van der Waals surface area contributed by atoms with Gasteiger partial charge in [-0.1, -0.05) is 43.5 Å². The fraction of sp³-hybridized carbons (Fsp3) is 0.667. The maximum atomic E-state index is 13.8. The van der Waals surface area contributed by atoms with Gasteiger partial charge in [-0.05, 0) is 43.2 Å². The van der Waals surface area contributed by atoms with Crippen LogP contribution in [0.5, 0.6) is 0 Å². The lowest BCUT2D eigenvalue weighted by molar-refractivity contribution is -0.142. The topological polar surface area (TPSA) is 91.0 Å². The summed E-state index contributed by atoms with van der Waals surface area (Å²) in [5, 5.41) is 0. The fourth-order valence-electron chi connectivity index (χ4n) is 6.24. The second kappa shape index (κ2) is 11.2. The molecule has 1 saturated carbocycles. The summed E-state index contributed by atoms with van der Waals surface area (Å²) < 4.78 is 5.11. The van der Waals surface area contributed by atoms with E-state index in [0.29, 0.717) is 38.1 Å². The van der Waals surface area contributed by atoms with Crippen molar-refractivity contribution in [1.29, 1.82) is 0 Å². The molecule has 2 heterocycles. The highest BCUT2D eigenvalue weighted by molar-refractivity contribution is 6.10. The zero-order chi connectivity index (χ0) is 25.0. The Balaban J connectivity index is 1.53. The lowest BCUT2D eigenvalue weighted by atomic mass is 9.74. The molecular weight excluding hydrogens is 444 g/mol. The lowest BCUT2D eigenvalue weighted by Crippen LogP contribution is -2.47. The molecular formula is C27H40N4O4. The number of imide groups is 1. The third kappa shape index (κ3) is 5.29. The first-order valence-electron chi connectivity index (χ1n) is 13.0. The lowest BCUT2D eigenvalue weighted by Gasteiger charge is -2.32. The van der Waals surface area contributed by atoms with Gasteiger partial charge in [0, 0.05) is 58.8 Å². The number of nitrogens with zero attached hydrogens (tertiary/aromatic N) is 2. The van der Waals surface area contributed by atoms with E-state index in [2.05, 4.69) is 10.9 Å². The van der Waals surface area contributed by atoms with Gasteiger partial charge in [0.1, 0.15) is 0 Å². The summed E-state index contributed by atoms with van der Waals surface area (Å²) in [7, 11) is 3.42. The monoisotopic (exact) mass is 484 g/mol. The zero-order valence-corrected chi connectivity index (χ0v) is 21.3. The van der Waals surface area contributed by atoms with Crippen molar-refractivity contribution in [3.8, 4) is 0 Å². The van der Waals surface area contributed by atoms with Crippen LogP contribution in [-0.4, -0.2) is 73.5 Å². The molecule has 1 aliphatic carbocycles. The van der Waals surface area contributed by atoms with Gasteiger partial charge < -0.3 is 9.64 Å². The summed E-state index contributed by atoms with van der Waals surface area (Å²) in [6.45, 7) is 3.30. The molecule has 1 aromatic carbocycles. The van der Waals surface area contributed by atoms with Gasteiger partial charge in [0.2, 0.25) is 17.7 Å². The number of fused-ring (bicyclic) bond motifs is 1. The Bertz CT molecular complexity index is 938. The first kappa shape index (κ1) is 25.8. The van der Waals surface area contributed by atoms with Crippen LogP contribution in [-0.2, 0) is 24.5 Å². The van der Waals surface area contributed by atoms with E-state index in [1.54, 1.807) is 12.0 Å². The molecule has 1 aromatic rings. The molecule has 3 amide bonds. The molecule has 2 aliphatic heterocycles. The number of carbonyl (C=O) groups excluding carboxylic acids is 3. The minimum absolute atomic E-state index is 0.00600. The van der Waals surface area contributed by atoms with Crippen LogP contribution in [0.25, 0.3) is 0 Å². The largest absolute Gasteiger partial charge is 0.385 e. The number of hydrogen-bond donors (Lipinski definition) is 2. The molecule has 192 valence electrons. The predicted octanol–water partition coefficient (Wildman–Crippen LogP) is 2.30. The molecule has 0 aromatic heterocycles. The number of hydrazine groups is 1. The fourth-order valence-corrected chi connectivity index (χ4v) is 6.24. The second-order valence-electron chi connectivity index (χ2n) is 10.5. The Hall–Kier alpha value is -2.29. The number of ether oxygens (including phenoxy) is 1. The number of methoxy groups -OCH3 is 1. The Morgan fingerprint density at radius 2 is 1.94 bits per heavy atom. The van der Waals surface area contributed by atoms with Crippen LogP contribution in [0, 0.1) is 12.8 Å². The van der Waals surface area contributed by atoms with E-state index in [9.17, 15) is 14.4 Å². The van der Waals surface area contributed by atoms with E-state index in [-0.39, 0.29) is 36.6 Å². The normalized spacial score (nSPS) is 28.8. The maximum absolute atomic E-state index is 13.8. The van der Waals surface area contributed by atoms with Gasteiger partial charge in [0.25, 0.3) is 0 Å². The average Bonchev–Trinajstić information content (AvgIpc) is 3.20. The quantitative estimate of drug-likeness (QED) is 0.413. The van der Waals surface area contributed by atoms with Crippen LogP contribution >= 0.6 is 0 Å². The number of benzene rings is 1. The molecule has 3 fully saturated rings. The number of likely N-dealkylation sites (N-methyl/N-ethyl adjacent to an activating group) is 1. The van der Waals surface area contributed by atoms with Crippen molar-refractivity contribution in [3.05, 3.63) is 35.4 Å². The Morgan fingerprint density at radius 1 is 1.17 bits per heavy atom. The van der Waals surface area contributed by atoms with Crippen molar-refractivity contribution < 1.29 is 19.1 Å². The molecule has 4 atom stereocenters. The van der Waals surface area contributed by atoms with E-state index in [1.165, 1.54) is 24.2 Å². The van der Waals surface area contributed by atoms with Gasteiger partial charge >= 0.3 is 0 Å². The smallest absolute Gasteiger partial charge is 0.240 e. The number of hydrogen-bond acceptors (Lipinski definition) is 6. The molecule has 35 heavy (non-hydrogen) atoms. The summed E-state index contributed by atoms with van der Waals surface area (Å²) in [4.78, 5) is 43.5. The number of rotatable bonds is 9. The Morgan fingerprint density at radius 3 is 2.71 bits per heavy atom. The molecule has 0 bridgehead atoms. The summed E-state index contributed by atoms with van der Waals surface area (Å²) in [5.41, 5.74) is 7.41. The summed E-state index contributed by atoms with van der Waals surface area (Å²) in [6.07, 6.45) is 6.66. The van der Waals surface area contributed by atoms with Crippen LogP contribution in [0.1, 0.15) is 62.5 Å². The Kier molecular flexibility index (Phi) is 8.24. The average molecular weight is 485 g/mol. The van der Waals surface area contributed by atoms with Gasteiger partial charge in [-0.2, -0.15) is 0 Å². The van der Waals surface area contributed by atoms with Crippen molar-refractivity contribution in [2.45, 2.75) is 75.8 Å². The minimum atomic E-state index is -1.16. The van der Waals surface area contributed by atoms with E-state index >= 15 is 0 Å². The molecule has 8 nitrogen and oxygen atoms in total. The second-order valence-corrected chi connectivity index (χ2v) is 10.5. The van der Waals surface area contributed by atoms with Crippen molar-refractivity contribution >= 4 is 17.7 Å². The number of likely N-dealkylation sites (tertiary alicyclic amines) is 1. The highest BCUT2D eigenvalue weighted by Gasteiger charge is 2.54. The summed E-state index contributed by atoms with van der Waals surface area (Å²) in [6, 6.07) is 8.28. The van der Waals surface area contributed by atoms with E-state index < -0.39 is 5.41 Å². The highest BCUT2D eigenvalue weighted by Crippen LogP contribution is 2.42. The van der Waals surface area contributed by atoms with Gasteiger partial charge in [-0.25, -0.2) is 0 Å². The van der Waals surface area contributed by atoms with Crippen LogP contribution in [0.4, 0.5) is 0 Å². The summed E-state index contributed by atoms with van der Waals surface area (Å²) >= 11 is 0. The molecule has 4 unspecified atom stereocenters. The summed E-state index contributed by atoms with van der Waals surface area (Å²) in [5.74, 6) is -0.0806. The van der Waals surface area contributed by atoms with Crippen molar-refractivity contribution in [2.24, 2.45) is 5.92 Å². The van der Waals surface area contributed by atoms with Crippen LogP contribution in [0.3, 0.4) is 0 Å². The van der Waals surface area contributed by atoms with E-state index in [0.717, 1.165) is 24.0 Å². The van der Waals surface area contributed by atoms with E-state index in [4.69, 9.17) is 4.74 Å². The zero-order valence-electron chi connectivity index (χ0n) is 21.3. The number of carbonyl (C=O) groups is 3. The number of nitrogens with one attached hydrogen (secondary N) is 2. The van der Waals surface area contributed by atoms with Gasteiger partial charge in [0.15, 0.2) is 0 Å². The van der Waals surface area contributed by atoms with Crippen LogP contribution < -0.4 is 10.9 Å². The molecule has 2 N–H and O–H groups in total. The third-order valence-electron chi connectivity index (χ3n) is 8.19. The Labute approximate surface area is 208 Å². The maximum Gasteiger partial charge on any atom is 0.240 e. The molecule has 0 spiro atoms. The van der Waals surface area contributed by atoms with Crippen molar-refractivity contribution in [1.82, 2.24) is 20.7 Å². The minimum Gasteiger partial charge on any atom is -0.385 e. The standard InChI is InChI=1S/C27H40N4O4/c1-19-10-7-8-12-21(19)27(17-25(33)31(26(27)34)14-9-15-35-3)16-24(32)30(2)18-23-20-11-5-4-6-13-22(20)28-29-23/h7-8,10,12,20,22-23,28-29H,4-6,9,11,13-18H2,1-3H3. The van der Waals surface area contributed by atoms with E-state index in [1.807, 2.05) is 38.2 Å². The molecule has 3 aliphatic rings. The van der Waals surface area contributed by atoms with Crippen molar-refractivity contribution in [3.63, 3.8) is 0 Å². The predicted molar refractivity (Wildman–Crippen MR) is 133 cm³/mol. The SMILES string of the molecule is COCCCN1C(=O)CC(CC(=O)N(C)CC2NNC3CCCCCC32)(c2ccccc2C)C1=O. The number of amides is 3. The molecule has 8 heteroatoms. The van der Waals surface area contributed by atoms with Crippen LogP contribution in [0.2, 0.25) is 0 Å². The first-order chi connectivity index (χ1) is 16.9. The molecule has 0 radical (unpaired) electrons. The number of aryl methyl sites for hydroxylation is 1. The van der Waals surface area contributed by atoms with Gasteiger partial charge in [-0.15, -0.1) is 0 Å². The van der Waals surface area contributed by atoms with Gasteiger partial charge in [0.05, 0.1) is 5.41 Å². The van der Waals surface area contributed by atoms with Crippen LogP contribution in [0.15, 0.2) is 24.3 Å². The first-order valence-corrected chi connectivity index (χ1v) is 13.0. The third-order valence-corrected chi connectivity index (χ3v) is 8.19. The highest BCUT2D eigenvalue weighted by atomic mass is 16.5.